The molecule has 3 nitrogen and oxygen atoms in total. The number of carbonyl (C=O) groups is 1. The van der Waals surface area contributed by atoms with Crippen LogP contribution in [0.25, 0.3) is 0 Å². The number of benzene rings is 2. The molecule has 0 unspecified atom stereocenters. The second-order valence-electron chi connectivity index (χ2n) is 6.04. The number of carbonyl (C=O) groups excluding carboxylic acids is 1. The minimum Gasteiger partial charge on any atom is -0.508 e. The summed E-state index contributed by atoms with van der Waals surface area (Å²) in [5.41, 5.74) is 1.80. The van der Waals surface area contributed by atoms with Crippen molar-refractivity contribution in [3.8, 4) is 11.5 Å². The molecule has 0 fully saturated rings. The average molecular weight is 347 g/mol. The van der Waals surface area contributed by atoms with Gasteiger partial charge in [-0.25, -0.2) is 0 Å². The van der Waals surface area contributed by atoms with Crippen molar-refractivity contribution in [3.05, 3.63) is 58.1 Å². The Labute approximate surface area is 147 Å². The van der Waals surface area contributed by atoms with Crippen LogP contribution >= 0.6 is 11.6 Å². The van der Waals surface area contributed by atoms with Gasteiger partial charge in [0.1, 0.15) is 11.5 Å². The summed E-state index contributed by atoms with van der Waals surface area (Å²) in [4.78, 5) is 12.5. The van der Waals surface area contributed by atoms with Gasteiger partial charge < -0.3 is 10.2 Å². The third kappa shape index (κ3) is 5.00. The highest BCUT2D eigenvalue weighted by Crippen LogP contribution is 2.29. The Morgan fingerprint density at radius 1 is 1.00 bits per heavy atom. The summed E-state index contributed by atoms with van der Waals surface area (Å²) >= 11 is 5.85. The van der Waals surface area contributed by atoms with E-state index in [1.54, 1.807) is 30.3 Å². The van der Waals surface area contributed by atoms with Crippen molar-refractivity contribution in [2.24, 2.45) is 0 Å². The molecule has 24 heavy (non-hydrogen) atoms. The van der Waals surface area contributed by atoms with Crippen molar-refractivity contribution < 1.29 is 15.0 Å². The Morgan fingerprint density at radius 3 is 2.38 bits per heavy atom. The Balaban J connectivity index is 2.12. The number of aryl methyl sites for hydroxylation is 1. The second kappa shape index (κ2) is 8.74. The van der Waals surface area contributed by atoms with Crippen LogP contribution in [0.4, 0.5) is 0 Å². The highest BCUT2D eigenvalue weighted by atomic mass is 35.5. The Morgan fingerprint density at radius 2 is 1.71 bits per heavy atom. The normalized spacial score (nSPS) is 10.8. The fourth-order valence-electron chi connectivity index (χ4n) is 2.67. The molecule has 0 aromatic heterocycles. The van der Waals surface area contributed by atoms with E-state index >= 15 is 0 Å². The average Bonchev–Trinajstić information content (AvgIpc) is 2.55. The van der Waals surface area contributed by atoms with Gasteiger partial charge in [0.25, 0.3) is 0 Å². The largest absolute Gasteiger partial charge is 0.508 e. The lowest BCUT2D eigenvalue weighted by molar-refractivity contribution is 0.0990. The van der Waals surface area contributed by atoms with Gasteiger partial charge in [0, 0.05) is 17.5 Å². The molecule has 2 aromatic rings. The van der Waals surface area contributed by atoms with Crippen molar-refractivity contribution in [2.45, 2.75) is 45.4 Å². The van der Waals surface area contributed by atoms with E-state index in [2.05, 4.69) is 6.92 Å². The fourth-order valence-corrected chi connectivity index (χ4v) is 2.80. The van der Waals surface area contributed by atoms with E-state index in [1.165, 1.54) is 6.07 Å². The first-order valence-corrected chi connectivity index (χ1v) is 8.71. The summed E-state index contributed by atoms with van der Waals surface area (Å²) in [6.45, 7) is 2.14. The Kier molecular flexibility index (Phi) is 6.68. The van der Waals surface area contributed by atoms with Crippen molar-refractivity contribution in [3.63, 3.8) is 0 Å². The molecule has 2 N–H and O–H groups in total. The molecule has 2 aromatic carbocycles. The van der Waals surface area contributed by atoms with E-state index in [1.807, 2.05) is 0 Å². The van der Waals surface area contributed by atoms with E-state index < -0.39 is 0 Å². The topological polar surface area (TPSA) is 57.5 Å². The van der Waals surface area contributed by atoms with Crippen LogP contribution in [0.5, 0.6) is 11.5 Å². The zero-order chi connectivity index (χ0) is 17.5. The minimum absolute atomic E-state index is 0.0482. The number of halogens is 1. The van der Waals surface area contributed by atoms with Crippen molar-refractivity contribution in [2.75, 3.05) is 0 Å². The number of unbranched alkanes of at least 4 members (excludes halogenated alkanes) is 3. The maximum atomic E-state index is 12.5. The first kappa shape index (κ1) is 18.3. The molecule has 0 aliphatic carbocycles. The molecule has 0 spiro atoms. The quantitative estimate of drug-likeness (QED) is 0.503. The van der Waals surface area contributed by atoms with Gasteiger partial charge in [-0.1, -0.05) is 49.9 Å². The van der Waals surface area contributed by atoms with Crippen molar-refractivity contribution >= 4 is 17.4 Å². The van der Waals surface area contributed by atoms with Crippen molar-refractivity contribution in [1.29, 1.82) is 0 Å². The van der Waals surface area contributed by atoms with Crippen LogP contribution in [0.2, 0.25) is 5.02 Å². The summed E-state index contributed by atoms with van der Waals surface area (Å²) < 4.78 is 0. The lowest BCUT2D eigenvalue weighted by Gasteiger charge is -2.10. The van der Waals surface area contributed by atoms with Crippen LogP contribution in [0.1, 0.15) is 54.1 Å². The number of hydrogen-bond acceptors (Lipinski definition) is 3. The maximum absolute atomic E-state index is 12.5. The highest BCUT2D eigenvalue weighted by molar-refractivity contribution is 6.30. The molecule has 2 rings (SSSR count). The molecule has 4 heteroatoms. The summed E-state index contributed by atoms with van der Waals surface area (Å²) in [7, 11) is 0. The molecule has 0 aliphatic heterocycles. The van der Waals surface area contributed by atoms with Gasteiger partial charge >= 0.3 is 0 Å². The van der Waals surface area contributed by atoms with Gasteiger partial charge in [-0.2, -0.15) is 0 Å². The van der Waals surface area contributed by atoms with Gasteiger partial charge in [0.2, 0.25) is 0 Å². The van der Waals surface area contributed by atoms with Crippen molar-refractivity contribution in [1.82, 2.24) is 0 Å². The van der Waals surface area contributed by atoms with E-state index in [0.717, 1.165) is 31.2 Å². The third-order valence-electron chi connectivity index (χ3n) is 4.07. The lowest BCUT2D eigenvalue weighted by atomic mass is 9.97. The van der Waals surface area contributed by atoms with Crippen LogP contribution < -0.4 is 0 Å². The smallest absolute Gasteiger partial charge is 0.170 e. The Bertz CT molecular complexity index is 693. The van der Waals surface area contributed by atoms with Gasteiger partial charge in [-0.15, -0.1) is 0 Å². The summed E-state index contributed by atoms with van der Waals surface area (Å²) in [6, 6.07) is 9.95. The number of ketones is 1. The number of rotatable bonds is 8. The number of aromatic hydroxyl groups is 2. The molecule has 0 radical (unpaired) electrons. The lowest BCUT2D eigenvalue weighted by Crippen LogP contribution is -2.05. The number of phenols is 2. The van der Waals surface area contributed by atoms with E-state index in [0.29, 0.717) is 17.0 Å². The van der Waals surface area contributed by atoms with E-state index in [4.69, 9.17) is 11.6 Å². The zero-order valence-corrected chi connectivity index (χ0v) is 14.6. The Hall–Kier alpha value is -2.00. The van der Waals surface area contributed by atoms with Crippen LogP contribution in [0.15, 0.2) is 36.4 Å². The zero-order valence-electron chi connectivity index (χ0n) is 13.9. The minimum atomic E-state index is -0.177. The predicted octanol–water partition coefficient (Wildman–Crippen LogP) is 5.30. The highest BCUT2D eigenvalue weighted by Gasteiger charge is 2.15. The van der Waals surface area contributed by atoms with Gasteiger partial charge in [0.15, 0.2) is 5.78 Å². The number of phenolic OH excluding ortho intramolecular Hbond substituents is 2. The van der Waals surface area contributed by atoms with Crippen LogP contribution in [0, 0.1) is 0 Å². The molecule has 0 atom stereocenters. The molecule has 0 aliphatic rings. The van der Waals surface area contributed by atoms with E-state index in [-0.39, 0.29) is 29.3 Å². The summed E-state index contributed by atoms with van der Waals surface area (Å²) in [5.74, 6) is -0.305. The second-order valence-corrected chi connectivity index (χ2v) is 6.47. The van der Waals surface area contributed by atoms with Crippen LogP contribution in [0.3, 0.4) is 0 Å². The standard InChI is InChI=1S/C20H23ClO3/c1-2-3-4-5-6-15-12-17(20(24)13-18(15)22)19(23)11-14-7-9-16(21)10-8-14/h7-10,12-13,22,24H,2-6,11H2,1H3. The molecular weight excluding hydrogens is 324 g/mol. The van der Waals surface area contributed by atoms with Gasteiger partial charge in [-0.3, -0.25) is 4.79 Å². The first-order chi connectivity index (χ1) is 11.5. The molecular formula is C20H23ClO3. The maximum Gasteiger partial charge on any atom is 0.170 e. The van der Waals surface area contributed by atoms with Crippen LogP contribution in [-0.2, 0) is 12.8 Å². The number of Topliss-reactive ketones (excluding diaryl/α,β-unsaturated/α-hetero) is 1. The molecule has 0 amide bonds. The molecule has 0 saturated heterocycles. The summed E-state index contributed by atoms with van der Waals surface area (Å²) in [5, 5.41) is 20.6. The predicted molar refractivity (Wildman–Crippen MR) is 97.1 cm³/mol. The monoisotopic (exact) mass is 346 g/mol. The van der Waals surface area contributed by atoms with E-state index in [9.17, 15) is 15.0 Å². The fraction of sp³-hybridized carbons (Fsp3) is 0.350. The molecule has 0 bridgehead atoms. The van der Waals surface area contributed by atoms with Gasteiger partial charge in [-0.05, 0) is 42.2 Å². The first-order valence-electron chi connectivity index (χ1n) is 8.33. The third-order valence-corrected chi connectivity index (χ3v) is 4.33. The van der Waals surface area contributed by atoms with Crippen LogP contribution in [-0.4, -0.2) is 16.0 Å². The molecule has 0 heterocycles. The van der Waals surface area contributed by atoms with Gasteiger partial charge in [0.05, 0.1) is 5.56 Å². The SMILES string of the molecule is CCCCCCc1cc(C(=O)Cc2ccc(Cl)cc2)c(O)cc1O. The molecule has 0 saturated carbocycles. The number of hydrogen-bond donors (Lipinski definition) is 2. The summed E-state index contributed by atoms with van der Waals surface area (Å²) in [6.07, 6.45) is 5.23. The molecule has 128 valence electrons.